The van der Waals surface area contributed by atoms with Crippen molar-refractivity contribution in [2.45, 2.75) is 18.7 Å². The number of anilines is 2. The molecule has 0 aliphatic carbocycles. The van der Waals surface area contributed by atoms with Crippen LogP contribution < -0.4 is 14.8 Å². The molecule has 0 aliphatic rings. The van der Waals surface area contributed by atoms with Crippen molar-refractivity contribution < 1.29 is 17.9 Å². The maximum atomic E-state index is 12.8. The molecule has 0 saturated heterocycles. The van der Waals surface area contributed by atoms with Crippen molar-refractivity contribution in [2.24, 2.45) is 5.92 Å². The van der Waals surface area contributed by atoms with E-state index in [-0.39, 0.29) is 27.5 Å². The highest BCUT2D eigenvalue weighted by atomic mass is 35.5. The maximum Gasteiger partial charge on any atom is 0.265 e. The van der Waals surface area contributed by atoms with Crippen LogP contribution in [-0.2, 0) is 14.8 Å². The standard InChI is InChI=1S/C18H18ClN3O4S2/c1-10(2)17(23)21-18-20-13-9-12(5-7-15(13)27-18)22-28(24,25)16-8-11(19)4-6-14(16)26-3/h4-10,22H,1-3H3,(H,20,21,23). The Kier molecular flexibility index (Phi) is 5.78. The summed E-state index contributed by atoms with van der Waals surface area (Å²) < 4.78 is 34.0. The lowest BCUT2D eigenvalue weighted by atomic mass is 10.2. The van der Waals surface area contributed by atoms with Gasteiger partial charge >= 0.3 is 0 Å². The lowest BCUT2D eigenvalue weighted by Gasteiger charge is -2.12. The lowest BCUT2D eigenvalue weighted by Crippen LogP contribution is -2.17. The molecule has 7 nitrogen and oxygen atoms in total. The largest absolute Gasteiger partial charge is 0.495 e. The number of ether oxygens (including phenoxy) is 1. The summed E-state index contributed by atoms with van der Waals surface area (Å²) in [5, 5.41) is 3.49. The summed E-state index contributed by atoms with van der Waals surface area (Å²) in [5.41, 5.74) is 0.906. The molecule has 2 N–H and O–H groups in total. The van der Waals surface area contributed by atoms with E-state index in [0.717, 1.165) is 4.70 Å². The highest BCUT2D eigenvalue weighted by Gasteiger charge is 2.21. The molecule has 0 saturated carbocycles. The van der Waals surface area contributed by atoms with E-state index in [0.29, 0.717) is 16.3 Å². The molecule has 0 fully saturated rings. The molecule has 28 heavy (non-hydrogen) atoms. The molecular formula is C18H18ClN3O4S2. The molecule has 0 unspecified atom stereocenters. The van der Waals surface area contributed by atoms with Gasteiger partial charge in [-0.05, 0) is 36.4 Å². The fourth-order valence-corrected chi connectivity index (χ4v) is 4.70. The Hall–Kier alpha value is -2.36. The molecule has 0 spiro atoms. The average molecular weight is 440 g/mol. The number of sulfonamides is 1. The van der Waals surface area contributed by atoms with Crippen LogP contribution in [0.3, 0.4) is 0 Å². The van der Waals surface area contributed by atoms with Gasteiger partial charge in [0.15, 0.2) is 5.13 Å². The Morgan fingerprint density at radius 1 is 1.21 bits per heavy atom. The van der Waals surface area contributed by atoms with Crippen LogP contribution in [0.2, 0.25) is 5.02 Å². The molecule has 0 radical (unpaired) electrons. The molecule has 1 heterocycles. The first kappa shape index (κ1) is 20.4. The number of benzene rings is 2. The number of nitrogens with zero attached hydrogens (tertiary/aromatic N) is 1. The topological polar surface area (TPSA) is 97.4 Å². The predicted molar refractivity (Wildman–Crippen MR) is 112 cm³/mol. The van der Waals surface area contributed by atoms with Crippen LogP contribution in [-0.4, -0.2) is 26.4 Å². The minimum atomic E-state index is -3.92. The van der Waals surface area contributed by atoms with Crippen molar-refractivity contribution in [3.8, 4) is 5.75 Å². The van der Waals surface area contributed by atoms with E-state index in [4.69, 9.17) is 16.3 Å². The summed E-state index contributed by atoms with van der Waals surface area (Å²) >= 11 is 7.25. The van der Waals surface area contributed by atoms with Gasteiger partial charge in [0.05, 0.1) is 23.0 Å². The second-order valence-electron chi connectivity index (χ2n) is 6.25. The average Bonchev–Trinajstić information content (AvgIpc) is 3.02. The third-order valence-corrected chi connectivity index (χ3v) is 6.40. The Labute approximate surface area is 171 Å². The first-order valence-corrected chi connectivity index (χ1v) is 10.9. The fraction of sp³-hybridized carbons (Fsp3) is 0.222. The molecule has 1 amide bonds. The van der Waals surface area contributed by atoms with Crippen molar-refractivity contribution in [3.63, 3.8) is 0 Å². The number of fused-ring (bicyclic) bond motifs is 1. The van der Waals surface area contributed by atoms with E-state index in [9.17, 15) is 13.2 Å². The third kappa shape index (κ3) is 4.37. The quantitative estimate of drug-likeness (QED) is 0.594. The van der Waals surface area contributed by atoms with Crippen LogP contribution in [0.25, 0.3) is 10.2 Å². The van der Waals surface area contributed by atoms with Gasteiger partial charge in [0, 0.05) is 10.9 Å². The van der Waals surface area contributed by atoms with Crippen molar-refractivity contribution in [1.29, 1.82) is 0 Å². The first-order valence-electron chi connectivity index (χ1n) is 8.27. The summed E-state index contributed by atoms with van der Waals surface area (Å²) in [4.78, 5) is 16.1. The SMILES string of the molecule is COc1ccc(Cl)cc1S(=O)(=O)Nc1ccc2sc(NC(=O)C(C)C)nc2c1. The van der Waals surface area contributed by atoms with Crippen LogP contribution in [0.5, 0.6) is 5.75 Å². The zero-order chi connectivity index (χ0) is 20.5. The molecule has 3 rings (SSSR count). The van der Waals surface area contributed by atoms with Crippen LogP contribution in [0, 0.1) is 5.92 Å². The number of halogens is 1. The molecule has 0 atom stereocenters. The highest BCUT2D eigenvalue weighted by Crippen LogP contribution is 2.31. The number of thiazole rings is 1. The molecule has 1 aromatic heterocycles. The summed E-state index contributed by atoms with van der Waals surface area (Å²) in [5.74, 6) is -0.111. The van der Waals surface area contributed by atoms with Crippen molar-refractivity contribution in [2.75, 3.05) is 17.1 Å². The number of nitrogens with one attached hydrogen (secondary N) is 2. The van der Waals surface area contributed by atoms with Gasteiger partial charge in [-0.2, -0.15) is 0 Å². The molecule has 0 aliphatic heterocycles. The van der Waals surface area contributed by atoms with Gasteiger partial charge < -0.3 is 10.1 Å². The number of carbonyl (C=O) groups is 1. The second-order valence-corrected chi connectivity index (χ2v) is 9.36. The fourth-order valence-electron chi connectivity index (χ4n) is 2.36. The van der Waals surface area contributed by atoms with Gasteiger partial charge in [-0.25, -0.2) is 13.4 Å². The van der Waals surface area contributed by atoms with Gasteiger partial charge in [0.1, 0.15) is 10.6 Å². The summed E-state index contributed by atoms with van der Waals surface area (Å²) in [7, 11) is -2.54. The van der Waals surface area contributed by atoms with Gasteiger partial charge in [-0.3, -0.25) is 9.52 Å². The molecule has 2 aromatic carbocycles. The van der Waals surface area contributed by atoms with Gasteiger partial charge in [-0.15, -0.1) is 0 Å². The Morgan fingerprint density at radius 2 is 1.96 bits per heavy atom. The van der Waals surface area contributed by atoms with Gasteiger partial charge in [0.2, 0.25) is 5.91 Å². The minimum absolute atomic E-state index is 0.0641. The third-order valence-electron chi connectivity index (χ3n) is 3.81. The number of aromatic nitrogens is 1. The summed E-state index contributed by atoms with van der Waals surface area (Å²) in [6, 6.07) is 9.33. The first-order chi connectivity index (χ1) is 13.2. The zero-order valence-corrected chi connectivity index (χ0v) is 17.7. The Morgan fingerprint density at radius 3 is 2.64 bits per heavy atom. The number of amides is 1. The van der Waals surface area contributed by atoms with E-state index >= 15 is 0 Å². The summed E-state index contributed by atoms with van der Waals surface area (Å²) in [6.45, 7) is 3.58. The van der Waals surface area contributed by atoms with Crippen LogP contribution in [0.4, 0.5) is 10.8 Å². The van der Waals surface area contributed by atoms with E-state index in [1.54, 1.807) is 38.1 Å². The smallest absolute Gasteiger partial charge is 0.265 e. The van der Waals surface area contributed by atoms with Crippen LogP contribution in [0.1, 0.15) is 13.8 Å². The van der Waals surface area contributed by atoms with Crippen LogP contribution >= 0.6 is 22.9 Å². The van der Waals surface area contributed by atoms with E-state index in [2.05, 4.69) is 15.0 Å². The number of methoxy groups -OCH3 is 1. The molecule has 3 aromatic rings. The number of rotatable bonds is 6. The monoisotopic (exact) mass is 439 g/mol. The Bertz CT molecular complexity index is 1140. The maximum absolute atomic E-state index is 12.8. The predicted octanol–water partition coefficient (Wildman–Crippen LogP) is 4.35. The molecule has 10 heteroatoms. The van der Waals surface area contributed by atoms with Crippen LogP contribution in [0.15, 0.2) is 41.3 Å². The summed E-state index contributed by atoms with van der Waals surface area (Å²) in [6.07, 6.45) is 0. The number of carbonyl (C=O) groups excluding carboxylic acids is 1. The molecule has 0 bridgehead atoms. The lowest BCUT2D eigenvalue weighted by molar-refractivity contribution is -0.118. The minimum Gasteiger partial charge on any atom is -0.495 e. The second kappa shape index (κ2) is 7.94. The molecular weight excluding hydrogens is 422 g/mol. The number of hydrogen-bond acceptors (Lipinski definition) is 6. The van der Waals surface area contributed by atoms with E-state index in [1.807, 2.05) is 0 Å². The van der Waals surface area contributed by atoms with Gasteiger partial charge in [0.25, 0.3) is 10.0 Å². The Balaban J connectivity index is 1.90. The highest BCUT2D eigenvalue weighted by molar-refractivity contribution is 7.92. The van der Waals surface area contributed by atoms with Crippen molar-refractivity contribution in [3.05, 3.63) is 41.4 Å². The molecule has 148 valence electrons. The van der Waals surface area contributed by atoms with Gasteiger partial charge in [-0.1, -0.05) is 36.8 Å². The van der Waals surface area contributed by atoms with E-state index in [1.165, 1.54) is 30.6 Å². The van der Waals surface area contributed by atoms with E-state index < -0.39 is 10.0 Å². The van der Waals surface area contributed by atoms with Crippen molar-refractivity contribution in [1.82, 2.24) is 4.98 Å². The number of hydrogen-bond donors (Lipinski definition) is 2. The zero-order valence-electron chi connectivity index (χ0n) is 15.3. The normalized spacial score (nSPS) is 11.6. The van der Waals surface area contributed by atoms with Crippen molar-refractivity contribution >= 4 is 59.9 Å².